The molecule has 0 radical (unpaired) electrons. The molecule has 0 spiro atoms. The highest BCUT2D eigenvalue weighted by Gasteiger charge is 2.18. The lowest BCUT2D eigenvalue weighted by molar-refractivity contribution is -0.116. The Labute approximate surface area is 169 Å². The van der Waals surface area contributed by atoms with Crippen LogP contribution in [0.5, 0.6) is 0 Å². The van der Waals surface area contributed by atoms with E-state index in [1.807, 2.05) is 12.1 Å². The first-order valence-corrected chi connectivity index (χ1v) is 10.6. The van der Waals surface area contributed by atoms with Crippen molar-refractivity contribution in [2.24, 2.45) is 0 Å². The van der Waals surface area contributed by atoms with Gasteiger partial charge in [0.1, 0.15) is 0 Å². The van der Waals surface area contributed by atoms with Gasteiger partial charge in [0.25, 0.3) is 0 Å². The minimum absolute atomic E-state index is 0.0481. The molecule has 6 heteroatoms. The SMILES string of the molecule is CC1CCCCN1Cc1ccc(NC(=O)CCC(=O)c2ccc(Cl)s2)cc1. The number of amides is 1. The van der Waals surface area contributed by atoms with Crippen LogP contribution in [0.2, 0.25) is 4.34 Å². The zero-order valence-corrected chi connectivity index (χ0v) is 17.1. The molecular formula is C21H25ClN2O2S. The zero-order chi connectivity index (χ0) is 19.2. The number of nitrogens with one attached hydrogen (secondary N) is 1. The fourth-order valence-electron chi connectivity index (χ4n) is 3.36. The number of hydrogen-bond acceptors (Lipinski definition) is 4. The fraction of sp³-hybridized carbons (Fsp3) is 0.429. The van der Waals surface area contributed by atoms with Crippen molar-refractivity contribution in [1.29, 1.82) is 0 Å². The topological polar surface area (TPSA) is 49.4 Å². The van der Waals surface area contributed by atoms with Gasteiger partial charge in [-0.05, 0) is 56.1 Å². The van der Waals surface area contributed by atoms with Crippen molar-refractivity contribution in [3.05, 3.63) is 51.2 Å². The Kier molecular flexibility index (Phi) is 7.05. The largest absolute Gasteiger partial charge is 0.326 e. The highest BCUT2D eigenvalue weighted by atomic mass is 35.5. The van der Waals surface area contributed by atoms with Gasteiger partial charge in [-0.15, -0.1) is 11.3 Å². The molecule has 27 heavy (non-hydrogen) atoms. The van der Waals surface area contributed by atoms with Gasteiger partial charge in [-0.25, -0.2) is 0 Å². The summed E-state index contributed by atoms with van der Waals surface area (Å²) in [5, 5.41) is 2.87. The molecule has 1 unspecified atom stereocenters. The van der Waals surface area contributed by atoms with Crippen LogP contribution >= 0.6 is 22.9 Å². The van der Waals surface area contributed by atoms with E-state index in [2.05, 4.69) is 29.3 Å². The van der Waals surface area contributed by atoms with Gasteiger partial charge in [-0.2, -0.15) is 0 Å². The number of likely N-dealkylation sites (tertiary alicyclic amines) is 1. The number of halogens is 1. The second-order valence-electron chi connectivity index (χ2n) is 7.09. The van der Waals surface area contributed by atoms with Crippen LogP contribution in [-0.2, 0) is 11.3 Å². The summed E-state index contributed by atoms with van der Waals surface area (Å²) in [7, 11) is 0. The lowest BCUT2D eigenvalue weighted by Gasteiger charge is -2.33. The summed E-state index contributed by atoms with van der Waals surface area (Å²) >= 11 is 7.09. The normalized spacial score (nSPS) is 17.6. The third-order valence-electron chi connectivity index (χ3n) is 4.99. The lowest BCUT2D eigenvalue weighted by Crippen LogP contribution is -2.36. The highest BCUT2D eigenvalue weighted by Crippen LogP contribution is 2.23. The number of ketones is 1. The Morgan fingerprint density at radius 2 is 1.93 bits per heavy atom. The second kappa shape index (κ2) is 9.49. The van der Waals surface area contributed by atoms with Gasteiger partial charge < -0.3 is 5.32 Å². The molecule has 1 fully saturated rings. The van der Waals surface area contributed by atoms with Crippen LogP contribution in [0.25, 0.3) is 0 Å². The van der Waals surface area contributed by atoms with E-state index in [4.69, 9.17) is 11.6 Å². The Morgan fingerprint density at radius 3 is 2.59 bits per heavy atom. The number of piperidine rings is 1. The molecule has 0 aliphatic carbocycles. The van der Waals surface area contributed by atoms with Gasteiger partial charge in [0.2, 0.25) is 5.91 Å². The molecule has 0 bridgehead atoms. The molecule has 1 aromatic heterocycles. The first-order valence-electron chi connectivity index (χ1n) is 9.42. The van der Waals surface area contributed by atoms with E-state index >= 15 is 0 Å². The molecule has 1 amide bonds. The summed E-state index contributed by atoms with van der Waals surface area (Å²) in [5.41, 5.74) is 2.02. The quantitative estimate of drug-likeness (QED) is 0.630. The molecule has 3 rings (SSSR count). The number of Topliss-reactive ketones (excluding diaryl/α,β-unsaturated/α-hetero) is 1. The molecule has 1 aliphatic heterocycles. The summed E-state index contributed by atoms with van der Waals surface area (Å²) in [6.45, 7) is 4.40. The monoisotopic (exact) mass is 404 g/mol. The third kappa shape index (κ3) is 5.89. The number of thiophene rings is 1. The number of carbonyl (C=O) groups is 2. The van der Waals surface area contributed by atoms with Crippen molar-refractivity contribution in [3.8, 4) is 0 Å². The van der Waals surface area contributed by atoms with Crippen LogP contribution in [0.4, 0.5) is 5.69 Å². The molecule has 0 saturated carbocycles. The van der Waals surface area contributed by atoms with Crippen molar-refractivity contribution in [1.82, 2.24) is 4.90 Å². The average Bonchev–Trinajstić information content (AvgIpc) is 3.10. The van der Waals surface area contributed by atoms with E-state index in [9.17, 15) is 9.59 Å². The molecule has 1 N–H and O–H groups in total. The Hall–Kier alpha value is -1.69. The molecule has 2 aromatic rings. The van der Waals surface area contributed by atoms with Crippen molar-refractivity contribution in [2.45, 2.75) is 51.6 Å². The van der Waals surface area contributed by atoms with Crippen LogP contribution in [0.1, 0.15) is 54.3 Å². The summed E-state index contributed by atoms with van der Waals surface area (Å²) in [5.74, 6) is -0.198. The number of nitrogens with zero attached hydrogens (tertiary/aromatic N) is 1. The second-order valence-corrected chi connectivity index (χ2v) is 8.80. The summed E-state index contributed by atoms with van der Waals surface area (Å²) in [6, 6.07) is 12.0. The third-order valence-corrected chi connectivity index (χ3v) is 6.26. The summed E-state index contributed by atoms with van der Waals surface area (Å²) < 4.78 is 0.585. The van der Waals surface area contributed by atoms with E-state index in [1.54, 1.807) is 12.1 Å². The fourth-order valence-corrected chi connectivity index (χ4v) is 4.37. The number of benzene rings is 1. The van der Waals surface area contributed by atoms with Crippen LogP contribution in [0.3, 0.4) is 0 Å². The maximum Gasteiger partial charge on any atom is 0.224 e. The van der Waals surface area contributed by atoms with Gasteiger partial charge in [-0.3, -0.25) is 14.5 Å². The van der Waals surface area contributed by atoms with Crippen LogP contribution < -0.4 is 5.32 Å². The van der Waals surface area contributed by atoms with E-state index in [0.29, 0.717) is 15.3 Å². The molecule has 4 nitrogen and oxygen atoms in total. The molecular weight excluding hydrogens is 380 g/mol. The Bertz CT molecular complexity index is 788. The van der Waals surface area contributed by atoms with Crippen LogP contribution in [-0.4, -0.2) is 29.2 Å². The molecule has 2 heterocycles. The minimum atomic E-state index is -0.150. The highest BCUT2D eigenvalue weighted by molar-refractivity contribution is 7.18. The van der Waals surface area contributed by atoms with E-state index < -0.39 is 0 Å². The number of carbonyl (C=O) groups excluding carboxylic acids is 2. The number of rotatable bonds is 7. The van der Waals surface area contributed by atoms with E-state index in [1.165, 1.54) is 36.2 Å². The van der Waals surface area contributed by atoms with Gasteiger partial charge in [0.15, 0.2) is 5.78 Å². The lowest BCUT2D eigenvalue weighted by atomic mass is 10.0. The maximum absolute atomic E-state index is 12.1. The maximum atomic E-state index is 12.1. The van der Waals surface area contributed by atoms with Gasteiger partial charge >= 0.3 is 0 Å². The first-order chi connectivity index (χ1) is 13.0. The predicted molar refractivity (Wildman–Crippen MR) is 112 cm³/mol. The smallest absolute Gasteiger partial charge is 0.224 e. The zero-order valence-electron chi connectivity index (χ0n) is 15.5. The molecule has 1 atom stereocenters. The van der Waals surface area contributed by atoms with E-state index in [-0.39, 0.29) is 24.5 Å². The van der Waals surface area contributed by atoms with Crippen molar-refractivity contribution < 1.29 is 9.59 Å². The molecule has 1 aliphatic rings. The standard InChI is InChI=1S/C21H25ClN2O2S/c1-15-4-2-3-13-24(15)14-16-5-7-17(8-6-16)23-21(26)12-9-18(25)19-10-11-20(22)27-19/h5-8,10-11,15H,2-4,9,12-14H2,1H3,(H,23,26). The molecule has 1 aromatic carbocycles. The van der Waals surface area contributed by atoms with Crippen molar-refractivity contribution >= 4 is 40.3 Å². The minimum Gasteiger partial charge on any atom is -0.326 e. The Morgan fingerprint density at radius 1 is 1.15 bits per heavy atom. The van der Waals surface area contributed by atoms with Crippen molar-refractivity contribution in [2.75, 3.05) is 11.9 Å². The van der Waals surface area contributed by atoms with Gasteiger partial charge in [0, 0.05) is 31.1 Å². The summed E-state index contributed by atoms with van der Waals surface area (Å²) in [6.07, 6.45) is 4.22. The Balaban J connectivity index is 1.46. The predicted octanol–water partition coefficient (Wildman–Crippen LogP) is 5.38. The molecule has 1 saturated heterocycles. The molecule has 144 valence electrons. The first kappa shape index (κ1) is 20.1. The van der Waals surface area contributed by atoms with Crippen LogP contribution in [0.15, 0.2) is 36.4 Å². The van der Waals surface area contributed by atoms with Gasteiger partial charge in [-0.1, -0.05) is 30.2 Å². The summed E-state index contributed by atoms with van der Waals surface area (Å²) in [4.78, 5) is 27.3. The van der Waals surface area contributed by atoms with Gasteiger partial charge in [0.05, 0.1) is 9.21 Å². The van der Waals surface area contributed by atoms with Crippen LogP contribution in [0, 0.1) is 0 Å². The number of anilines is 1. The average molecular weight is 405 g/mol. The van der Waals surface area contributed by atoms with Crippen molar-refractivity contribution in [3.63, 3.8) is 0 Å². The number of hydrogen-bond donors (Lipinski definition) is 1. The van der Waals surface area contributed by atoms with E-state index in [0.717, 1.165) is 18.8 Å².